The molecular weight excluding hydrogens is 318 g/mol. The number of benzene rings is 1. The first-order valence-electron chi connectivity index (χ1n) is 7.69. The Morgan fingerprint density at radius 3 is 2.61 bits per heavy atom. The SMILES string of the molecule is COc1ccc(COCC(O)CN(C)C2CCS(=O)(=O)C2)cc1. The molecule has 2 rings (SSSR count). The van der Waals surface area contributed by atoms with Crippen LogP contribution < -0.4 is 4.74 Å². The van der Waals surface area contributed by atoms with Gasteiger partial charge in [-0.3, -0.25) is 4.90 Å². The second kappa shape index (κ2) is 8.10. The minimum absolute atomic E-state index is 0.00348. The summed E-state index contributed by atoms with van der Waals surface area (Å²) < 4.78 is 33.6. The van der Waals surface area contributed by atoms with Crippen LogP contribution in [-0.2, 0) is 21.2 Å². The van der Waals surface area contributed by atoms with Crippen LogP contribution in [0.25, 0.3) is 0 Å². The standard InChI is InChI=1S/C16H25NO5S/c1-17(14-7-8-23(19,20)12-14)9-15(18)11-22-10-13-3-5-16(21-2)6-4-13/h3-6,14-15,18H,7-12H2,1-2H3. The van der Waals surface area contributed by atoms with Gasteiger partial charge >= 0.3 is 0 Å². The van der Waals surface area contributed by atoms with Crippen molar-refractivity contribution in [3.8, 4) is 5.75 Å². The lowest BCUT2D eigenvalue weighted by molar-refractivity contribution is 0.00911. The summed E-state index contributed by atoms with van der Waals surface area (Å²) in [6, 6.07) is 7.56. The lowest BCUT2D eigenvalue weighted by Gasteiger charge is -2.25. The maximum Gasteiger partial charge on any atom is 0.151 e. The van der Waals surface area contributed by atoms with Crippen LogP contribution in [0.2, 0.25) is 0 Å². The third-order valence-electron chi connectivity index (χ3n) is 4.07. The van der Waals surface area contributed by atoms with Crippen molar-refractivity contribution in [2.24, 2.45) is 0 Å². The van der Waals surface area contributed by atoms with Gasteiger partial charge in [-0.1, -0.05) is 12.1 Å². The molecule has 7 heteroatoms. The molecule has 130 valence electrons. The second-order valence-corrected chi connectivity index (χ2v) is 8.24. The van der Waals surface area contributed by atoms with Gasteiger partial charge in [-0.25, -0.2) is 8.42 Å². The van der Waals surface area contributed by atoms with Crippen LogP contribution in [0, 0.1) is 0 Å². The number of hydrogen-bond donors (Lipinski definition) is 1. The third-order valence-corrected chi connectivity index (χ3v) is 5.82. The van der Waals surface area contributed by atoms with E-state index in [9.17, 15) is 13.5 Å². The maximum atomic E-state index is 11.5. The molecule has 1 aliphatic rings. The fraction of sp³-hybridized carbons (Fsp3) is 0.625. The molecule has 0 aromatic heterocycles. The highest BCUT2D eigenvalue weighted by atomic mass is 32.2. The molecule has 0 spiro atoms. The molecule has 2 atom stereocenters. The zero-order valence-corrected chi connectivity index (χ0v) is 14.5. The Bertz CT molecular complexity index is 587. The van der Waals surface area contributed by atoms with E-state index in [4.69, 9.17) is 9.47 Å². The fourth-order valence-corrected chi connectivity index (χ4v) is 4.50. The van der Waals surface area contributed by atoms with Crippen molar-refractivity contribution in [3.63, 3.8) is 0 Å². The normalized spacial score (nSPS) is 21.5. The van der Waals surface area contributed by atoms with E-state index in [1.807, 2.05) is 36.2 Å². The Morgan fingerprint density at radius 1 is 1.35 bits per heavy atom. The van der Waals surface area contributed by atoms with Gasteiger partial charge in [0.1, 0.15) is 5.75 Å². The van der Waals surface area contributed by atoms with Crippen LogP contribution in [0.1, 0.15) is 12.0 Å². The molecule has 2 unspecified atom stereocenters. The Kier molecular flexibility index (Phi) is 6.41. The summed E-state index contributed by atoms with van der Waals surface area (Å²) in [7, 11) is 0.565. The molecule has 1 saturated heterocycles. The van der Waals surface area contributed by atoms with E-state index in [0.29, 0.717) is 19.6 Å². The summed E-state index contributed by atoms with van der Waals surface area (Å²) in [5.41, 5.74) is 1.01. The van der Waals surface area contributed by atoms with Crippen LogP contribution in [0.15, 0.2) is 24.3 Å². The molecule has 0 aliphatic carbocycles. The van der Waals surface area contributed by atoms with Crippen molar-refractivity contribution < 1.29 is 23.0 Å². The van der Waals surface area contributed by atoms with Crippen molar-refractivity contribution in [3.05, 3.63) is 29.8 Å². The number of sulfone groups is 1. The van der Waals surface area contributed by atoms with E-state index in [0.717, 1.165) is 11.3 Å². The van der Waals surface area contributed by atoms with E-state index in [-0.39, 0.29) is 24.2 Å². The minimum atomic E-state index is -2.90. The number of likely N-dealkylation sites (N-methyl/N-ethyl adjacent to an activating group) is 1. The molecule has 1 aromatic rings. The Hall–Kier alpha value is -1.15. The van der Waals surface area contributed by atoms with Gasteiger partial charge in [0.15, 0.2) is 9.84 Å². The molecule has 0 bridgehead atoms. The van der Waals surface area contributed by atoms with Crippen molar-refractivity contribution in [2.45, 2.75) is 25.2 Å². The Labute approximate surface area is 137 Å². The summed E-state index contributed by atoms with van der Waals surface area (Å²) in [6.45, 7) is 1.04. The van der Waals surface area contributed by atoms with Gasteiger partial charge in [-0.05, 0) is 31.2 Å². The molecule has 6 nitrogen and oxygen atoms in total. The molecule has 1 aromatic carbocycles. The van der Waals surface area contributed by atoms with Crippen molar-refractivity contribution in [1.82, 2.24) is 4.90 Å². The zero-order valence-electron chi connectivity index (χ0n) is 13.6. The number of rotatable bonds is 8. The summed E-state index contributed by atoms with van der Waals surface area (Å²) in [5, 5.41) is 10.0. The van der Waals surface area contributed by atoms with Gasteiger partial charge in [0, 0.05) is 12.6 Å². The summed E-state index contributed by atoms with van der Waals surface area (Å²) in [5.74, 6) is 1.22. The molecule has 1 N–H and O–H groups in total. The Balaban J connectivity index is 1.69. The lowest BCUT2D eigenvalue weighted by Crippen LogP contribution is -2.39. The predicted octanol–water partition coefficient (Wildman–Crippen LogP) is 0.692. The van der Waals surface area contributed by atoms with Crippen LogP contribution >= 0.6 is 0 Å². The highest BCUT2D eigenvalue weighted by Gasteiger charge is 2.31. The first-order chi connectivity index (χ1) is 10.9. The van der Waals surface area contributed by atoms with Crippen LogP contribution in [-0.4, -0.2) is 69.4 Å². The van der Waals surface area contributed by atoms with Crippen LogP contribution in [0.4, 0.5) is 0 Å². The summed E-state index contributed by atoms with van der Waals surface area (Å²) in [6.07, 6.45) is -0.000290. The first-order valence-corrected chi connectivity index (χ1v) is 9.51. The van der Waals surface area contributed by atoms with Crippen LogP contribution in [0.3, 0.4) is 0 Å². The predicted molar refractivity (Wildman–Crippen MR) is 88.3 cm³/mol. The van der Waals surface area contributed by atoms with Crippen LogP contribution in [0.5, 0.6) is 5.75 Å². The van der Waals surface area contributed by atoms with E-state index < -0.39 is 15.9 Å². The number of aliphatic hydroxyl groups is 1. The monoisotopic (exact) mass is 343 g/mol. The average Bonchev–Trinajstić information content (AvgIpc) is 2.88. The minimum Gasteiger partial charge on any atom is -0.497 e. The van der Waals surface area contributed by atoms with E-state index in [1.54, 1.807) is 7.11 Å². The van der Waals surface area contributed by atoms with Gasteiger partial charge in [0.05, 0.1) is 37.9 Å². The van der Waals surface area contributed by atoms with Crippen molar-refractivity contribution in [2.75, 3.05) is 38.8 Å². The molecule has 0 saturated carbocycles. The third kappa shape index (κ3) is 5.76. The number of ether oxygens (including phenoxy) is 2. The highest BCUT2D eigenvalue weighted by Crippen LogP contribution is 2.17. The van der Waals surface area contributed by atoms with Gasteiger partial charge in [-0.2, -0.15) is 0 Å². The molecule has 1 fully saturated rings. The number of aliphatic hydroxyl groups excluding tert-OH is 1. The average molecular weight is 343 g/mol. The lowest BCUT2D eigenvalue weighted by atomic mass is 10.2. The van der Waals surface area contributed by atoms with Gasteiger partial charge in [-0.15, -0.1) is 0 Å². The first kappa shape index (κ1) is 18.2. The number of methoxy groups -OCH3 is 1. The molecular formula is C16H25NO5S. The molecule has 23 heavy (non-hydrogen) atoms. The highest BCUT2D eigenvalue weighted by molar-refractivity contribution is 7.91. The zero-order chi connectivity index (χ0) is 16.9. The van der Waals surface area contributed by atoms with E-state index in [2.05, 4.69) is 0 Å². The molecule has 1 aliphatic heterocycles. The van der Waals surface area contributed by atoms with E-state index >= 15 is 0 Å². The van der Waals surface area contributed by atoms with Crippen molar-refractivity contribution in [1.29, 1.82) is 0 Å². The Morgan fingerprint density at radius 2 is 2.04 bits per heavy atom. The maximum absolute atomic E-state index is 11.5. The largest absolute Gasteiger partial charge is 0.497 e. The second-order valence-electron chi connectivity index (χ2n) is 6.01. The molecule has 0 amide bonds. The number of hydrogen-bond acceptors (Lipinski definition) is 6. The number of nitrogens with zero attached hydrogens (tertiary/aromatic N) is 1. The van der Waals surface area contributed by atoms with Gasteiger partial charge < -0.3 is 14.6 Å². The molecule has 1 heterocycles. The topological polar surface area (TPSA) is 76.1 Å². The summed E-state index contributed by atoms with van der Waals surface area (Å²) in [4.78, 5) is 1.91. The van der Waals surface area contributed by atoms with Crippen molar-refractivity contribution >= 4 is 9.84 Å². The van der Waals surface area contributed by atoms with E-state index in [1.165, 1.54) is 0 Å². The van der Waals surface area contributed by atoms with Gasteiger partial charge in [0.2, 0.25) is 0 Å². The fourth-order valence-electron chi connectivity index (χ4n) is 2.69. The molecule has 0 radical (unpaired) electrons. The quantitative estimate of drug-likeness (QED) is 0.748. The smallest absolute Gasteiger partial charge is 0.151 e. The summed E-state index contributed by atoms with van der Waals surface area (Å²) >= 11 is 0. The van der Waals surface area contributed by atoms with Gasteiger partial charge in [0.25, 0.3) is 0 Å².